The van der Waals surface area contributed by atoms with Crippen LogP contribution in [0.2, 0.25) is 0 Å². The Bertz CT molecular complexity index is 757. The third kappa shape index (κ3) is 6.37. The molecule has 2 aromatic heterocycles. The molecule has 1 atom stereocenters. The average Bonchev–Trinajstić information content (AvgIpc) is 2.91. The van der Waals surface area contributed by atoms with Gasteiger partial charge in [0.05, 0.1) is 12.6 Å². The minimum absolute atomic E-state index is 0.112. The maximum Gasteiger partial charge on any atom is 0.183 e. The van der Waals surface area contributed by atoms with Crippen LogP contribution in [0.3, 0.4) is 0 Å². The standard InChI is InChI=1S/C20H28N4O2S/c1-14-7-17(8-15(2)23-14)9-18-12-24(5-4-6-26-18)13-19-11-22-20(27-19)21-10-16(3)25/h7-8,11,18H,4-6,9-10,12-13H2,1-3H3,(H,21,22)/t18-/m1/s1. The molecular weight excluding hydrogens is 360 g/mol. The molecule has 1 fully saturated rings. The van der Waals surface area contributed by atoms with E-state index in [9.17, 15) is 4.79 Å². The van der Waals surface area contributed by atoms with Gasteiger partial charge in [-0.05, 0) is 44.9 Å². The molecule has 2 aromatic rings. The summed E-state index contributed by atoms with van der Waals surface area (Å²) in [5.41, 5.74) is 3.41. The maximum atomic E-state index is 11.1. The lowest BCUT2D eigenvalue weighted by atomic mass is 10.1. The number of hydrogen-bond acceptors (Lipinski definition) is 7. The van der Waals surface area contributed by atoms with E-state index in [0.29, 0.717) is 6.54 Å². The number of nitrogens with zero attached hydrogens (tertiary/aromatic N) is 3. The van der Waals surface area contributed by atoms with Crippen LogP contribution in [0, 0.1) is 13.8 Å². The van der Waals surface area contributed by atoms with Crippen LogP contribution in [0.5, 0.6) is 0 Å². The summed E-state index contributed by atoms with van der Waals surface area (Å²) in [4.78, 5) is 23.6. The first-order valence-corrected chi connectivity index (χ1v) is 10.3. The zero-order valence-corrected chi connectivity index (χ0v) is 17.1. The molecule has 1 N–H and O–H groups in total. The highest BCUT2D eigenvalue weighted by Crippen LogP contribution is 2.21. The van der Waals surface area contributed by atoms with E-state index in [1.165, 1.54) is 10.4 Å². The highest BCUT2D eigenvalue weighted by Gasteiger charge is 2.20. The van der Waals surface area contributed by atoms with Crippen molar-refractivity contribution in [1.29, 1.82) is 0 Å². The molecule has 146 valence electrons. The summed E-state index contributed by atoms with van der Waals surface area (Å²) in [6, 6.07) is 4.31. The van der Waals surface area contributed by atoms with Gasteiger partial charge in [-0.25, -0.2) is 4.98 Å². The third-order valence-electron chi connectivity index (χ3n) is 4.46. The lowest BCUT2D eigenvalue weighted by molar-refractivity contribution is -0.115. The van der Waals surface area contributed by atoms with Gasteiger partial charge in [-0.2, -0.15) is 0 Å². The van der Waals surface area contributed by atoms with Crippen molar-refractivity contribution < 1.29 is 9.53 Å². The molecule has 0 radical (unpaired) electrons. The second kappa shape index (κ2) is 9.39. The van der Waals surface area contributed by atoms with Crippen LogP contribution >= 0.6 is 11.3 Å². The highest BCUT2D eigenvalue weighted by molar-refractivity contribution is 7.15. The number of rotatable bonds is 7. The molecule has 0 aliphatic carbocycles. The number of carbonyl (C=O) groups is 1. The molecule has 6 nitrogen and oxygen atoms in total. The average molecular weight is 389 g/mol. The molecular formula is C20H28N4O2S. The van der Waals surface area contributed by atoms with E-state index in [-0.39, 0.29) is 11.9 Å². The van der Waals surface area contributed by atoms with Crippen molar-refractivity contribution in [2.75, 3.05) is 31.6 Å². The normalized spacial score (nSPS) is 18.3. The predicted octanol–water partition coefficient (Wildman–Crippen LogP) is 2.99. The van der Waals surface area contributed by atoms with Gasteiger partial charge in [-0.15, -0.1) is 11.3 Å². The monoisotopic (exact) mass is 388 g/mol. The van der Waals surface area contributed by atoms with Gasteiger partial charge in [0.25, 0.3) is 0 Å². The Kier molecular flexibility index (Phi) is 6.93. The smallest absolute Gasteiger partial charge is 0.183 e. The topological polar surface area (TPSA) is 67.4 Å². The summed E-state index contributed by atoms with van der Waals surface area (Å²) in [5.74, 6) is 0.112. The van der Waals surface area contributed by atoms with Crippen molar-refractivity contribution >= 4 is 22.3 Å². The molecule has 0 spiro atoms. The van der Waals surface area contributed by atoms with Crippen molar-refractivity contribution in [3.8, 4) is 0 Å². The molecule has 1 aliphatic rings. The van der Waals surface area contributed by atoms with Gasteiger partial charge < -0.3 is 10.1 Å². The number of anilines is 1. The summed E-state index contributed by atoms with van der Waals surface area (Å²) in [7, 11) is 0. The number of Topliss-reactive ketones (excluding diaryl/α,β-unsaturated/α-hetero) is 1. The summed E-state index contributed by atoms with van der Waals surface area (Å²) in [6.45, 7) is 9.60. The van der Waals surface area contributed by atoms with E-state index in [4.69, 9.17) is 4.74 Å². The molecule has 0 saturated carbocycles. The predicted molar refractivity (Wildman–Crippen MR) is 108 cm³/mol. The molecule has 0 unspecified atom stereocenters. The summed E-state index contributed by atoms with van der Waals surface area (Å²) < 4.78 is 6.10. The minimum Gasteiger partial charge on any atom is -0.376 e. The lowest BCUT2D eigenvalue weighted by Crippen LogP contribution is -2.32. The molecule has 0 amide bonds. The molecule has 0 bridgehead atoms. The zero-order valence-electron chi connectivity index (χ0n) is 16.3. The summed E-state index contributed by atoms with van der Waals surface area (Å²) in [5, 5.41) is 3.89. The Balaban J connectivity index is 1.58. The van der Waals surface area contributed by atoms with Crippen LogP contribution in [0.15, 0.2) is 18.3 Å². The van der Waals surface area contributed by atoms with Crippen molar-refractivity contribution in [2.45, 2.75) is 46.3 Å². The summed E-state index contributed by atoms with van der Waals surface area (Å²) >= 11 is 1.62. The van der Waals surface area contributed by atoms with E-state index >= 15 is 0 Å². The number of ether oxygens (including phenoxy) is 1. The fraction of sp³-hybridized carbons (Fsp3) is 0.550. The Morgan fingerprint density at radius 1 is 1.37 bits per heavy atom. The van der Waals surface area contributed by atoms with Crippen molar-refractivity contribution in [1.82, 2.24) is 14.9 Å². The van der Waals surface area contributed by atoms with Crippen LogP contribution in [0.25, 0.3) is 0 Å². The molecule has 1 aliphatic heterocycles. The van der Waals surface area contributed by atoms with Crippen LogP contribution in [0.4, 0.5) is 5.13 Å². The van der Waals surface area contributed by atoms with Crippen LogP contribution in [-0.4, -0.2) is 53.0 Å². The van der Waals surface area contributed by atoms with Crippen molar-refractivity contribution in [3.63, 3.8) is 0 Å². The molecule has 3 heterocycles. The Morgan fingerprint density at radius 2 is 2.15 bits per heavy atom. The van der Waals surface area contributed by atoms with Crippen molar-refractivity contribution in [2.24, 2.45) is 0 Å². The van der Waals surface area contributed by atoms with Gasteiger partial charge in [0, 0.05) is 55.1 Å². The van der Waals surface area contributed by atoms with Crippen LogP contribution in [-0.2, 0) is 22.5 Å². The van der Waals surface area contributed by atoms with E-state index in [2.05, 4.69) is 32.3 Å². The second-order valence-electron chi connectivity index (χ2n) is 7.23. The molecule has 7 heteroatoms. The van der Waals surface area contributed by atoms with Crippen molar-refractivity contribution in [3.05, 3.63) is 40.2 Å². The van der Waals surface area contributed by atoms with Crippen LogP contribution < -0.4 is 5.32 Å². The first-order chi connectivity index (χ1) is 13.0. The molecule has 3 rings (SSSR count). The van der Waals surface area contributed by atoms with Gasteiger partial charge >= 0.3 is 0 Å². The number of aromatic nitrogens is 2. The zero-order chi connectivity index (χ0) is 19.2. The summed E-state index contributed by atoms with van der Waals surface area (Å²) in [6.07, 6.45) is 4.05. The number of carbonyl (C=O) groups excluding carboxylic acids is 1. The Labute approximate surface area is 165 Å². The number of thiazole rings is 1. The number of ketones is 1. The Hall–Kier alpha value is -1.83. The van der Waals surface area contributed by atoms with E-state index in [1.54, 1.807) is 18.3 Å². The van der Waals surface area contributed by atoms with Gasteiger partial charge in [0.1, 0.15) is 5.78 Å². The molecule has 1 saturated heterocycles. The first kappa shape index (κ1) is 19.9. The molecule has 27 heavy (non-hydrogen) atoms. The highest BCUT2D eigenvalue weighted by atomic mass is 32.1. The third-order valence-corrected chi connectivity index (χ3v) is 5.40. The Morgan fingerprint density at radius 3 is 2.89 bits per heavy atom. The van der Waals surface area contributed by atoms with Gasteiger partial charge in [-0.3, -0.25) is 14.7 Å². The van der Waals surface area contributed by atoms with Gasteiger partial charge in [0.15, 0.2) is 5.13 Å². The lowest BCUT2D eigenvalue weighted by Gasteiger charge is -2.23. The largest absolute Gasteiger partial charge is 0.376 e. The number of pyridine rings is 1. The van der Waals surface area contributed by atoms with Crippen LogP contribution in [0.1, 0.15) is 35.2 Å². The minimum atomic E-state index is 0.112. The maximum absolute atomic E-state index is 11.1. The molecule has 0 aromatic carbocycles. The number of nitrogens with one attached hydrogen (secondary N) is 1. The number of hydrogen-bond donors (Lipinski definition) is 1. The fourth-order valence-corrected chi connectivity index (χ4v) is 4.27. The fourth-order valence-electron chi connectivity index (χ4n) is 3.42. The van der Waals surface area contributed by atoms with Gasteiger partial charge in [0.2, 0.25) is 0 Å². The second-order valence-corrected chi connectivity index (χ2v) is 8.35. The quantitative estimate of drug-likeness (QED) is 0.786. The van der Waals surface area contributed by atoms with E-state index < -0.39 is 0 Å². The number of aryl methyl sites for hydroxylation is 2. The van der Waals surface area contributed by atoms with E-state index in [0.717, 1.165) is 55.6 Å². The first-order valence-electron chi connectivity index (χ1n) is 9.44. The van der Waals surface area contributed by atoms with Gasteiger partial charge in [-0.1, -0.05) is 0 Å². The SMILES string of the molecule is CC(=O)CNc1ncc(CN2CCCO[C@H](Cc3cc(C)nc(C)c3)C2)s1. The van der Waals surface area contributed by atoms with E-state index in [1.807, 2.05) is 20.0 Å².